The van der Waals surface area contributed by atoms with Crippen molar-refractivity contribution in [3.63, 3.8) is 0 Å². The molecule has 0 unspecified atom stereocenters. The fourth-order valence-corrected chi connectivity index (χ4v) is 4.55. The van der Waals surface area contributed by atoms with Crippen molar-refractivity contribution in [2.75, 3.05) is 0 Å². The van der Waals surface area contributed by atoms with Gasteiger partial charge in [-0.25, -0.2) is 0 Å². The summed E-state index contributed by atoms with van der Waals surface area (Å²) in [6.45, 7) is 2.64. The maximum absolute atomic E-state index is 12.5. The fraction of sp³-hybridized carbons (Fsp3) is 0.174. The van der Waals surface area contributed by atoms with Crippen LogP contribution in [0.1, 0.15) is 39.0 Å². The standard InChI is InChI=1S/C23H21BrO2S/c1-2-8-22-19(24)15-23(27-22)20(25)14-13-18-11-6-7-12-21(18)26-16-17-9-4-3-5-10-17/h3-7,9-15H,2,8,16H2,1H3/b14-13+. The van der Waals surface area contributed by atoms with Crippen molar-refractivity contribution in [1.29, 1.82) is 0 Å². The van der Waals surface area contributed by atoms with Gasteiger partial charge in [0.05, 0.1) is 4.88 Å². The molecular formula is C23H21BrO2S. The lowest BCUT2D eigenvalue weighted by molar-refractivity contribution is 0.105. The van der Waals surface area contributed by atoms with E-state index in [4.69, 9.17) is 4.74 Å². The zero-order chi connectivity index (χ0) is 19.1. The molecule has 0 radical (unpaired) electrons. The van der Waals surface area contributed by atoms with Gasteiger partial charge in [-0.2, -0.15) is 0 Å². The molecule has 0 bridgehead atoms. The number of ether oxygens (including phenoxy) is 1. The van der Waals surface area contributed by atoms with Crippen molar-refractivity contribution in [2.45, 2.75) is 26.4 Å². The predicted octanol–water partition coefficient (Wildman–Crippen LogP) is 6.94. The Kier molecular flexibility index (Phi) is 7.02. The van der Waals surface area contributed by atoms with E-state index < -0.39 is 0 Å². The van der Waals surface area contributed by atoms with Crippen LogP contribution in [0.25, 0.3) is 6.08 Å². The molecule has 2 nitrogen and oxygen atoms in total. The molecule has 4 heteroatoms. The first-order valence-corrected chi connectivity index (χ1v) is 10.5. The summed E-state index contributed by atoms with van der Waals surface area (Å²) in [6, 6.07) is 19.7. The molecule has 0 saturated carbocycles. The maximum Gasteiger partial charge on any atom is 0.195 e. The molecule has 0 atom stereocenters. The molecular weight excluding hydrogens is 420 g/mol. The summed E-state index contributed by atoms with van der Waals surface area (Å²) in [5.74, 6) is 0.783. The SMILES string of the molecule is CCCc1sc(C(=O)/C=C/c2ccccc2OCc2ccccc2)cc1Br. The van der Waals surface area contributed by atoms with Crippen LogP contribution in [-0.2, 0) is 13.0 Å². The Bertz CT molecular complexity index is 929. The maximum atomic E-state index is 12.5. The van der Waals surface area contributed by atoms with E-state index in [1.165, 1.54) is 4.88 Å². The van der Waals surface area contributed by atoms with Gasteiger partial charge in [-0.1, -0.05) is 61.9 Å². The topological polar surface area (TPSA) is 26.3 Å². The van der Waals surface area contributed by atoms with Crippen molar-refractivity contribution >= 4 is 39.1 Å². The van der Waals surface area contributed by atoms with Gasteiger partial charge in [0.15, 0.2) is 5.78 Å². The molecule has 0 amide bonds. The van der Waals surface area contributed by atoms with Crippen LogP contribution in [0.4, 0.5) is 0 Å². The quantitative estimate of drug-likeness (QED) is 0.280. The molecule has 0 saturated heterocycles. The lowest BCUT2D eigenvalue weighted by Gasteiger charge is -2.09. The minimum atomic E-state index is 0.0147. The number of allylic oxidation sites excluding steroid dienone is 1. The zero-order valence-electron chi connectivity index (χ0n) is 15.2. The smallest absolute Gasteiger partial charge is 0.195 e. The third-order valence-electron chi connectivity index (χ3n) is 4.05. The number of para-hydroxylation sites is 1. The Morgan fingerprint density at radius 1 is 1.11 bits per heavy atom. The number of carbonyl (C=O) groups excluding carboxylic acids is 1. The Labute approximate surface area is 172 Å². The molecule has 27 heavy (non-hydrogen) atoms. The number of hydrogen-bond donors (Lipinski definition) is 0. The third-order valence-corrected chi connectivity index (χ3v) is 6.23. The van der Waals surface area contributed by atoms with Crippen molar-refractivity contribution in [1.82, 2.24) is 0 Å². The van der Waals surface area contributed by atoms with Gasteiger partial charge in [-0.3, -0.25) is 4.79 Å². The van der Waals surface area contributed by atoms with Gasteiger partial charge >= 0.3 is 0 Å². The van der Waals surface area contributed by atoms with E-state index in [0.717, 1.165) is 39.1 Å². The van der Waals surface area contributed by atoms with E-state index in [-0.39, 0.29) is 5.78 Å². The average molecular weight is 441 g/mol. The molecule has 0 aliphatic carbocycles. The summed E-state index contributed by atoms with van der Waals surface area (Å²) in [5, 5.41) is 0. The summed E-state index contributed by atoms with van der Waals surface area (Å²) in [6.07, 6.45) is 5.50. The molecule has 0 N–H and O–H groups in total. The fourth-order valence-electron chi connectivity index (χ4n) is 2.66. The summed E-state index contributed by atoms with van der Waals surface area (Å²) < 4.78 is 6.97. The van der Waals surface area contributed by atoms with Crippen LogP contribution in [0.15, 0.2) is 71.2 Å². The van der Waals surface area contributed by atoms with E-state index in [2.05, 4.69) is 22.9 Å². The van der Waals surface area contributed by atoms with Crippen LogP contribution in [-0.4, -0.2) is 5.78 Å². The van der Waals surface area contributed by atoms with Gasteiger partial charge in [-0.15, -0.1) is 11.3 Å². The molecule has 3 aromatic rings. The van der Waals surface area contributed by atoms with E-state index in [9.17, 15) is 4.79 Å². The van der Waals surface area contributed by atoms with Crippen LogP contribution in [0.3, 0.4) is 0 Å². The lowest BCUT2D eigenvalue weighted by atomic mass is 10.1. The summed E-state index contributed by atoms with van der Waals surface area (Å²) in [7, 11) is 0. The number of benzene rings is 2. The second kappa shape index (κ2) is 9.67. The molecule has 3 rings (SSSR count). The summed E-state index contributed by atoms with van der Waals surface area (Å²) in [5.41, 5.74) is 2.01. The first-order chi connectivity index (χ1) is 13.2. The molecule has 138 valence electrons. The van der Waals surface area contributed by atoms with E-state index in [1.807, 2.05) is 66.7 Å². The van der Waals surface area contributed by atoms with Gasteiger partial charge in [0.2, 0.25) is 0 Å². The molecule has 0 aliphatic heterocycles. The first-order valence-electron chi connectivity index (χ1n) is 8.93. The van der Waals surface area contributed by atoms with Gasteiger partial charge in [0, 0.05) is 14.9 Å². The normalized spacial score (nSPS) is 11.0. The van der Waals surface area contributed by atoms with Gasteiger partial charge in [0.1, 0.15) is 12.4 Å². The third kappa shape index (κ3) is 5.41. The van der Waals surface area contributed by atoms with E-state index in [0.29, 0.717) is 6.61 Å². The summed E-state index contributed by atoms with van der Waals surface area (Å²) >= 11 is 5.11. The number of thiophene rings is 1. The number of carbonyl (C=O) groups is 1. The van der Waals surface area contributed by atoms with Crippen molar-refractivity contribution in [3.05, 3.63) is 92.1 Å². The van der Waals surface area contributed by atoms with Crippen LogP contribution in [0, 0.1) is 0 Å². The summed E-state index contributed by atoms with van der Waals surface area (Å²) in [4.78, 5) is 14.5. The molecule has 1 aromatic heterocycles. The van der Waals surface area contributed by atoms with Crippen LogP contribution in [0.5, 0.6) is 5.75 Å². The highest BCUT2D eigenvalue weighted by atomic mass is 79.9. The van der Waals surface area contributed by atoms with Crippen molar-refractivity contribution in [2.24, 2.45) is 0 Å². The van der Waals surface area contributed by atoms with Gasteiger partial charge < -0.3 is 4.74 Å². The van der Waals surface area contributed by atoms with E-state index in [1.54, 1.807) is 17.4 Å². The Balaban J connectivity index is 1.71. The van der Waals surface area contributed by atoms with Gasteiger partial charge in [-0.05, 0) is 52.2 Å². The number of rotatable bonds is 8. The Morgan fingerprint density at radius 3 is 2.63 bits per heavy atom. The minimum absolute atomic E-state index is 0.0147. The molecule has 2 aromatic carbocycles. The van der Waals surface area contributed by atoms with Crippen LogP contribution in [0.2, 0.25) is 0 Å². The highest BCUT2D eigenvalue weighted by Gasteiger charge is 2.11. The second-order valence-corrected chi connectivity index (χ2v) is 8.13. The zero-order valence-corrected chi connectivity index (χ0v) is 17.6. The minimum Gasteiger partial charge on any atom is -0.488 e. The number of aryl methyl sites for hydroxylation is 1. The Morgan fingerprint density at radius 2 is 1.85 bits per heavy atom. The second-order valence-electron chi connectivity index (χ2n) is 6.14. The molecule has 0 spiro atoms. The largest absolute Gasteiger partial charge is 0.488 e. The lowest BCUT2D eigenvalue weighted by Crippen LogP contribution is -1.97. The number of ketones is 1. The van der Waals surface area contributed by atoms with E-state index >= 15 is 0 Å². The van der Waals surface area contributed by atoms with Gasteiger partial charge in [0.25, 0.3) is 0 Å². The molecule has 1 heterocycles. The predicted molar refractivity (Wildman–Crippen MR) is 117 cm³/mol. The average Bonchev–Trinajstić information content (AvgIpc) is 3.07. The molecule has 0 aliphatic rings. The number of hydrogen-bond acceptors (Lipinski definition) is 3. The highest BCUT2D eigenvalue weighted by Crippen LogP contribution is 2.29. The first kappa shape index (κ1) is 19.6. The monoisotopic (exact) mass is 440 g/mol. The van der Waals surface area contributed by atoms with Crippen molar-refractivity contribution in [3.8, 4) is 5.75 Å². The van der Waals surface area contributed by atoms with Crippen LogP contribution < -0.4 is 4.74 Å². The Hall–Kier alpha value is -2.17. The van der Waals surface area contributed by atoms with Crippen LogP contribution >= 0.6 is 27.3 Å². The molecule has 0 fully saturated rings. The van der Waals surface area contributed by atoms with Crippen molar-refractivity contribution < 1.29 is 9.53 Å². The highest BCUT2D eigenvalue weighted by molar-refractivity contribution is 9.10. The number of halogens is 1.